The van der Waals surface area contributed by atoms with Crippen molar-refractivity contribution in [2.45, 2.75) is 39.0 Å². The number of ether oxygens (including phenoxy) is 1. The highest BCUT2D eigenvalue weighted by molar-refractivity contribution is 9.10. The quantitative estimate of drug-likeness (QED) is 0.546. The smallest absolute Gasteiger partial charge is 0.305 e. The number of hydrogen-bond acceptors (Lipinski definition) is 3. The van der Waals surface area contributed by atoms with E-state index in [0.717, 1.165) is 29.3 Å². The van der Waals surface area contributed by atoms with E-state index >= 15 is 0 Å². The summed E-state index contributed by atoms with van der Waals surface area (Å²) in [6.45, 7) is 2.89. The number of esters is 1. The molecule has 0 radical (unpaired) electrons. The molecule has 0 atom stereocenters. The number of unbranched alkanes of at least 4 members (excludes halogenated alkanes) is 2. The Hall–Kier alpha value is -1.36. The van der Waals surface area contributed by atoms with Crippen molar-refractivity contribution in [2.75, 3.05) is 13.2 Å². The Bertz CT molecular complexity index is 445. The van der Waals surface area contributed by atoms with Crippen molar-refractivity contribution in [2.24, 2.45) is 0 Å². The molecule has 0 saturated carbocycles. The first-order valence-electron chi connectivity index (χ1n) is 7.28. The fourth-order valence-corrected chi connectivity index (χ4v) is 2.15. The first-order chi connectivity index (χ1) is 10.1. The van der Waals surface area contributed by atoms with Crippen molar-refractivity contribution >= 4 is 27.8 Å². The molecule has 21 heavy (non-hydrogen) atoms. The van der Waals surface area contributed by atoms with Crippen LogP contribution in [0.4, 0.5) is 0 Å². The molecule has 0 aliphatic rings. The summed E-state index contributed by atoms with van der Waals surface area (Å²) in [4.78, 5) is 22.8. The van der Waals surface area contributed by atoms with Crippen LogP contribution in [0, 0.1) is 0 Å². The summed E-state index contributed by atoms with van der Waals surface area (Å²) >= 11 is 3.36. The largest absolute Gasteiger partial charge is 0.466 e. The van der Waals surface area contributed by atoms with Crippen LogP contribution in [0.15, 0.2) is 28.7 Å². The lowest BCUT2D eigenvalue weighted by Crippen LogP contribution is -2.26. The highest BCUT2D eigenvalue weighted by Gasteiger charge is 2.03. The van der Waals surface area contributed by atoms with Gasteiger partial charge in [-0.05, 0) is 37.5 Å². The summed E-state index contributed by atoms with van der Waals surface area (Å²) in [6.07, 6.45) is 3.46. The van der Waals surface area contributed by atoms with Crippen LogP contribution in [0.2, 0.25) is 0 Å². The summed E-state index contributed by atoms with van der Waals surface area (Å²) in [5, 5.41) is 2.89. The standard InChI is InChI=1S/C16H22BrNO3/c1-2-21-16(20)6-4-3-5-11-18-15(19)12-13-7-9-14(17)10-8-13/h7-10H,2-6,11-12H2,1H3,(H,18,19). The van der Waals surface area contributed by atoms with Gasteiger partial charge in [0.2, 0.25) is 5.91 Å². The van der Waals surface area contributed by atoms with E-state index in [0.29, 0.717) is 26.0 Å². The predicted octanol–water partition coefficient (Wildman–Crippen LogP) is 3.23. The average Bonchev–Trinajstić information content (AvgIpc) is 2.45. The van der Waals surface area contributed by atoms with Gasteiger partial charge in [-0.2, -0.15) is 0 Å². The van der Waals surface area contributed by atoms with Gasteiger partial charge in [-0.25, -0.2) is 0 Å². The maximum absolute atomic E-state index is 11.7. The number of nitrogens with one attached hydrogen (secondary N) is 1. The van der Waals surface area contributed by atoms with Crippen molar-refractivity contribution in [1.29, 1.82) is 0 Å². The van der Waals surface area contributed by atoms with Gasteiger partial charge in [-0.15, -0.1) is 0 Å². The maximum Gasteiger partial charge on any atom is 0.305 e. The molecule has 0 spiro atoms. The molecule has 1 N–H and O–H groups in total. The van der Waals surface area contributed by atoms with Crippen LogP contribution in [0.25, 0.3) is 0 Å². The van der Waals surface area contributed by atoms with E-state index in [1.807, 2.05) is 24.3 Å². The van der Waals surface area contributed by atoms with E-state index < -0.39 is 0 Å². The molecule has 1 aromatic rings. The zero-order chi connectivity index (χ0) is 15.5. The second-order valence-corrected chi connectivity index (χ2v) is 5.68. The Balaban J connectivity index is 2.06. The summed E-state index contributed by atoms with van der Waals surface area (Å²) in [5.74, 6) is -0.112. The second-order valence-electron chi connectivity index (χ2n) is 4.77. The molecule has 0 fully saturated rings. The first kappa shape index (κ1) is 17.7. The second kappa shape index (κ2) is 10.4. The number of carbonyl (C=O) groups is 2. The number of carbonyl (C=O) groups excluding carboxylic acids is 2. The van der Waals surface area contributed by atoms with Gasteiger partial charge in [0, 0.05) is 17.4 Å². The lowest BCUT2D eigenvalue weighted by Gasteiger charge is -2.06. The number of amides is 1. The SMILES string of the molecule is CCOC(=O)CCCCCNC(=O)Cc1ccc(Br)cc1. The van der Waals surface area contributed by atoms with Crippen molar-refractivity contribution in [3.63, 3.8) is 0 Å². The van der Waals surface area contributed by atoms with Crippen LogP contribution in [0.5, 0.6) is 0 Å². The molecule has 0 aliphatic heterocycles. The minimum absolute atomic E-state index is 0.0303. The zero-order valence-corrected chi connectivity index (χ0v) is 13.9. The lowest BCUT2D eigenvalue weighted by atomic mass is 10.1. The van der Waals surface area contributed by atoms with E-state index in [9.17, 15) is 9.59 Å². The number of benzene rings is 1. The molecule has 1 aromatic carbocycles. The minimum Gasteiger partial charge on any atom is -0.466 e. The van der Waals surface area contributed by atoms with Crippen molar-refractivity contribution in [3.05, 3.63) is 34.3 Å². The third-order valence-corrected chi connectivity index (χ3v) is 3.49. The van der Waals surface area contributed by atoms with Gasteiger partial charge in [-0.3, -0.25) is 9.59 Å². The highest BCUT2D eigenvalue weighted by atomic mass is 79.9. The molecule has 0 aromatic heterocycles. The van der Waals surface area contributed by atoms with Crippen LogP contribution in [0.3, 0.4) is 0 Å². The van der Waals surface area contributed by atoms with Gasteiger partial charge in [0.05, 0.1) is 13.0 Å². The van der Waals surface area contributed by atoms with Gasteiger partial charge < -0.3 is 10.1 Å². The van der Waals surface area contributed by atoms with Crippen molar-refractivity contribution in [1.82, 2.24) is 5.32 Å². The van der Waals surface area contributed by atoms with E-state index in [2.05, 4.69) is 21.2 Å². The van der Waals surface area contributed by atoms with Gasteiger partial charge in [0.1, 0.15) is 0 Å². The van der Waals surface area contributed by atoms with E-state index in [1.54, 1.807) is 6.92 Å². The summed E-state index contributed by atoms with van der Waals surface area (Å²) in [5.41, 5.74) is 0.998. The molecule has 1 amide bonds. The van der Waals surface area contributed by atoms with Crippen LogP contribution in [-0.4, -0.2) is 25.0 Å². The molecule has 0 unspecified atom stereocenters. The van der Waals surface area contributed by atoms with Gasteiger partial charge in [0.25, 0.3) is 0 Å². The van der Waals surface area contributed by atoms with Gasteiger partial charge in [0.15, 0.2) is 0 Å². The molecule has 0 heterocycles. The van der Waals surface area contributed by atoms with E-state index in [4.69, 9.17) is 4.74 Å². The monoisotopic (exact) mass is 355 g/mol. The lowest BCUT2D eigenvalue weighted by molar-refractivity contribution is -0.143. The Kier molecular flexibility index (Phi) is 8.74. The van der Waals surface area contributed by atoms with Crippen LogP contribution >= 0.6 is 15.9 Å². The summed E-state index contributed by atoms with van der Waals surface area (Å²) in [6, 6.07) is 7.72. The van der Waals surface area contributed by atoms with Crippen molar-refractivity contribution in [3.8, 4) is 0 Å². The highest BCUT2D eigenvalue weighted by Crippen LogP contribution is 2.10. The van der Waals surface area contributed by atoms with Gasteiger partial charge in [-0.1, -0.05) is 34.5 Å². The first-order valence-corrected chi connectivity index (χ1v) is 8.08. The van der Waals surface area contributed by atoms with E-state index in [-0.39, 0.29) is 11.9 Å². The van der Waals surface area contributed by atoms with Crippen LogP contribution in [0.1, 0.15) is 38.2 Å². The maximum atomic E-state index is 11.7. The number of halogens is 1. The molecule has 116 valence electrons. The molecular formula is C16H22BrNO3. The predicted molar refractivity (Wildman–Crippen MR) is 86.0 cm³/mol. The zero-order valence-electron chi connectivity index (χ0n) is 12.4. The summed E-state index contributed by atoms with van der Waals surface area (Å²) < 4.78 is 5.86. The molecule has 0 saturated heterocycles. The normalized spacial score (nSPS) is 10.2. The number of hydrogen-bond donors (Lipinski definition) is 1. The molecule has 0 aliphatic carbocycles. The van der Waals surface area contributed by atoms with Crippen molar-refractivity contribution < 1.29 is 14.3 Å². The molecule has 0 bridgehead atoms. The van der Waals surface area contributed by atoms with E-state index in [1.165, 1.54) is 0 Å². The molecule has 1 rings (SSSR count). The van der Waals surface area contributed by atoms with Crippen LogP contribution < -0.4 is 5.32 Å². The third-order valence-electron chi connectivity index (χ3n) is 2.96. The topological polar surface area (TPSA) is 55.4 Å². The average molecular weight is 356 g/mol. The van der Waals surface area contributed by atoms with Gasteiger partial charge >= 0.3 is 5.97 Å². The minimum atomic E-state index is -0.142. The molecule has 5 heteroatoms. The number of rotatable bonds is 9. The Morgan fingerprint density at radius 1 is 1.14 bits per heavy atom. The third kappa shape index (κ3) is 8.50. The van der Waals surface area contributed by atoms with Crippen LogP contribution in [-0.2, 0) is 20.7 Å². The molecule has 4 nitrogen and oxygen atoms in total. The Morgan fingerprint density at radius 3 is 2.52 bits per heavy atom. The summed E-state index contributed by atoms with van der Waals surface area (Å²) in [7, 11) is 0. The molecular weight excluding hydrogens is 334 g/mol. The fraction of sp³-hybridized carbons (Fsp3) is 0.500. The Labute approximate surface area is 134 Å². The Morgan fingerprint density at radius 2 is 1.86 bits per heavy atom. The fourth-order valence-electron chi connectivity index (χ4n) is 1.88.